The lowest BCUT2D eigenvalue weighted by molar-refractivity contribution is -0.384. The smallest absolute Gasteiger partial charge is 0.289 e. The van der Waals surface area contributed by atoms with E-state index in [1.165, 1.54) is 24.3 Å². The second kappa shape index (κ2) is 9.33. The van der Waals surface area contributed by atoms with Gasteiger partial charge < -0.3 is 9.32 Å². The maximum atomic E-state index is 13.1. The van der Waals surface area contributed by atoms with E-state index >= 15 is 0 Å². The molecule has 1 aromatic carbocycles. The zero-order chi connectivity index (χ0) is 22.7. The highest BCUT2D eigenvalue weighted by molar-refractivity contribution is 6.07. The fourth-order valence-corrected chi connectivity index (χ4v) is 4.34. The van der Waals surface area contributed by atoms with Gasteiger partial charge >= 0.3 is 0 Å². The molecule has 0 bridgehead atoms. The lowest BCUT2D eigenvalue weighted by Crippen LogP contribution is -2.32. The van der Waals surface area contributed by atoms with Gasteiger partial charge in [-0.25, -0.2) is 5.43 Å². The van der Waals surface area contributed by atoms with Crippen molar-refractivity contribution in [3.05, 3.63) is 62.6 Å². The van der Waals surface area contributed by atoms with Crippen molar-refractivity contribution in [1.29, 1.82) is 0 Å². The molecule has 168 valence electrons. The first-order chi connectivity index (χ1) is 15.5. The number of hydrogen-bond acceptors (Lipinski definition) is 6. The van der Waals surface area contributed by atoms with Gasteiger partial charge in [0.15, 0.2) is 5.76 Å². The fraction of sp³-hybridized carbons (Fsp3) is 0.435. The number of hydrazone groups is 1. The summed E-state index contributed by atoms with van der Waals surface area (Å²) in [6.07, 6.45) is 6.42. The highest BCUT2D eigenvalue weighted by Gasteiger charge is 2.30. The summed E-state index contributed by atoms with van der Waals surface area (Å²) in [6, 6.07) is 5.49. The van der Waals surface area contributed by atoms with E-state index in [0.717, 1.165) is 62.1 Å². The number of amides is 2. The molecule has 2 heterocycles. The first-order valence-electron chi connectivity index (χ1n) is 11.0. The van der Waals surface area contributed by atoms with Crippen LogP contribution in [0.1, 0.15) is 76.3 Å². The summed E-state index contributed by atoms with van der Waals surface area (Å²) >= 11 is 0. The predicted molar refractivity (Wildman–Crippen MR) is 118 cm³/mol. The van der Waals surface area contributed by atoms with E-state index in [9.17, 15) is 19.7 Å². The number of carbonyl (C=O) groups excluding carboxylic acids is 2. The van der Waals surface area contributed by atoms with E-state index in [-0.39, 0.29) is 17.2 Å². The zero-order valence-corrected chi connectivity index (χ0v) is 18.1. The zero-order valence-electron chi connectivity index (χ0n) is 18.1. The lowest BCUT2D eigenvalue weighted by Gasteiger charge is -2.19. The van der Waals surface area contributed by atoms with Crippen LogP contribution < -0.4 is 5.43 Å². The van der Waals surface area contributed by atoms with Crippen LogP contribution in [0.4, 0.5) is 5.69 Å². The number of nitro benzene ring substituents is 1. The molecular weight excluding hydrogens is 412 g/mol. The maximum Gasteiger partial charge on any atom is 0.289 e. The normalized spacial score (nSPS) is 17.5. The summed E-state index contributed by atoms with van der Waals surface area (Å²) in [7, 11) is 0. The SMILES string of the molecule is Cc1c(C(=O)N2CCCCCC2)oc2c1/C(=N/NC(=O)c1cccc([N+](=O)[O-])c1)CCC2. The number of nitrogens with zero attached hydrogens (tertiary/aromatic N) is 3. The third kappa shape index (κ3) is 4.42. The van der Waals surface area contributed by atoms with Crippen molar-refractivity contribution < 1.29 is 18.9 Å². The minimum absolute atomic E-state index is 0.0845. The highest BCUT2D eigenvalue weighted by atomic mass is 16.6. The summed E-state index contributed by atoms with van der Waals surface area (Å²) in [6.45, 7) is 3.34. The number of carbonyl (C=O) groups is 2. The lowest BCUT2D eigenvalue weighted by atomic mass is 9.93. The van der Waals surface area contributed by atoms with Gasteiger partial charge in [-0.15, -0.1) is 0 Å². The Morgan fingerprint density at radius 2 is 1.88 bits per heavy atom. The van der Waals surface area contributed by atoms with Crippen molar-refractivity contribution in [2.75, 3.05) is 13.1 Å². The molecule has 4 rings (SSSR count). The van der Waals surface area contributed by atoms with E-state index in [0.29, 0.717) is 24.3 Å². The Labute approximate surface area is 185 Å². The summed E-state index contributed by atoms with van der Waals surface area (Å²) in [5, 5.41) is 15.3. The van der Waals surface area contributed by atoms with E-state index in [4.69, 9.17) is 4.42 Å². The largest absolute Gasteiger partial charge is 0.455 e. The Balaban J connectivity index is 1.56. The van der Waals surface area contributed by atoms with Gasteiger partial charge in [0.2, 0.25) is 0 Å². The number of non-ortho nitro benzene ring substituents is 1. The highest BCUT2D eigenvalue weighted by Crippen LogP contribution is 2.31. The van der Waals surface area contributed by atoms with Crippen LogP contribution in [0.3, 0.4) is 0 Å². The van der Waals surface area contributed by atoms with Gasteiger partial charge in [-0.05, 0) is 38.7 Å². The van der Waals surface area contributed by atoms with Crippen molar-refractivity contribution >= 4 is 23.2 Å². The van der Waals surface area contributed by atoms with Gasteiger partial charge in [0.05, 0.1) is 10.6 Å². The van der Waals surface area contributed by atoms with Crippen molar-refractivity contribution in [3.8, 4) is 0 Å². The van der Waals surface area contributed by atoms with Crippen LogP contribution >= 0.6 is 0 Å². The Hall–Kier alpha value is -3.49. The van der Waals surface area contributed by atoms with Crippen molar-refractivity contribution in [1.82, 2.24) is 10.3 Å². The minimum atomic E-state index is -0.548. The van der Waals surface area contributed by atoms with E-state index in [1.54, 1.807) is 0 Å². The molecule has 1 fully saturated rings. The number of benzene rings is 1. The van der Waals surface area contributed by atoms with E-state index in [1.807, 2.05) is 11.8 Å². The molecule has 32 heavy (non-hydrogen) atoms. The number of nitro groups is 1. The molecule has 1 N–H and O–H groups in total. The van der Waals surface area contributed by atoms with Crippen molar-refractivity contribution in [2.45, 2.75) is 51.9 Å². The molecule has 0 spiro atoms. The third-order valence-electron chi connectivity index (χ3n) is 6.02. The van der Waals surface area contributed by atoms with Gasteiger partial charge in [0.1, 0.15) is 5.76 Å². The molecule has 1 aliphatic heterocycles. The van der Waals surface area contributed by atoms with Crippen molar-refractivity contribution in [3.63, 3.8) is 0 Å². The van der Waals surface area contributed by atoms with E-state index < -0.39 is 10.8 Å². The molecule has 0 saturated carbocycles. The number of fused-ring (bicyclic) bond motifs is 1. The molecule has 0 atom stereocenters. The number of likely N-dealkylation sites (tertiary alicyclic amines) is 1. The Kier molecular flexibility index (Phi) is 6.34. The quantitative estimate of drug-likeness (QED) is 0.572. The predicted octanol–water partition coefficient (Wildman–Crippen LogP) is 3.98. The van der Waals surface area contributed by atoms with Crippen LogP contribution in [0.15, 0.2) is 33.8 Å². The van der Waals surface area contributed by atoms with Crippen LogP contribution in [0, 0.1) is 17.0 Å². The Morgan fingerprint density at radius 1 is 1.12 bits per heavy atom. The average Bonchev–Trinajstić information content (AvgIpc) is 2.97. The van der Waals surface area contributed by atoms with Gasteiger partial charge in [0, 0.05) is 48.3 Å². The van der Waals surface area contributed by atoms with Gasteiger partial charge in [-0.2, -0.15) is 5.10 Å². The summed E-state index contributed by atoms with van der Waals surface area (Å²) in [5.74, 6) is 0.459. The minimum Gasteiger partial charge on any atom is -0.455 e. The maximum absolute atomic E-state index is 13.1. The number of nitrogens with one attached hydrogen (secondary N) is 1. The standard InChI is InChI=1S/C23H26N4O5/c1-15-20-18(24-25-22(28)16-8-6-9-17(14-16)27(30)31)10-7-11-19(20)32-21(15)23(29)26-12-4-2-3-5-13-26/h6,8-9,14H,2-5,7,10-13H2,1H3,(H,25,28)/b24-18+. The number of aryl methyl sites for hydroxylation is 1. The first kappa shape index (κ1) is 21.7. The van der Waals surface area contributed by atoms with Crippen LogP contribution in [-0.4, -0.2) is 40.4 Å². The molecule has 1 aromatic heterocycles. The molecule has 2 aliphatic rings. The summed E-state index contributed by atoms with van der Waals surface area (Å²) in [5.41, 5.74) is 4.68. The van der Waals surface area contributed by atoms with E-state index in [2.05, 4.69) is 10.5 Å². The molecule has 1 saturated heterocycles. The topological polar surface area (TPSA) is 118 Å². The number of furan rings is 1. The Morgan fingerprint density at radius 3 is 2.59 bits per heavy atom. The molecule has 1 aliphatic carbocycles. The van der Waals surface area contributed by atoms with Crippen LogP contribution in [-0.2, 0) is 6.42 Å². The van der Waals surface area contributed by atoms with Crippen LogP contribution in [0.5, 0.6) is 0 Å². The molecule has 0 unspecified atom stereocenters. The van der Waals surface area contributed by atoms with Crippen molar-refractivity contribution in [2.24, 2.45) is 5.10 Å². The Bertz CT molecular complexity index is 1080. The molecule has 0 radical (unpaired) electrons. The molecule has 2 amide bonds. The second-order valence-corrected chi connectivity index (χ2v) is 8.22. The number of hydrogen-bond donors (Lipinski definition) is 1. The molecule has 2 aromatic rings. The van der Waals surface area contributed by atoms with Crippen LogP contribution in [0.25, 0.3) is 0 Å². The third-order valence-corrected chi connectivity index (χ3v) is 6.02. The summed E-state index contributed by atoms with van der Waals surface area (Å²) in [4.78, 5) is 37.9. The monoisotopic (exact) mass is 438 g/mol. The average molecular weight is 438 g/mol. The van der Waals surface area contributed by atoms with Crippen LogP contribution in [0.2, 0.25) is 0 Å². The number of rotatable bonds is 4. The van der Waals surface area contributed by atoms with Gasteiger partial charge in [-0.1, -0.05) is 18.9 Å². The summed E-state index contributed by atoms with van der Waals surface area (Å²) < 4.78 is 6.00. The fourth-order valence-electron chi connectivity index (χ4n) is 4.34. The van der Waals surface area contributed by atoms with Gasteiger partial charge in [0.25, 0.3) is 17.5 Å². The second-order valence-electron chi connectivity index (χ2n) is 8.22. The molecular formula is C23H26N4O5. The first-order valence-corrected chi connectivity index (χ1v) is 11.0. The molecule has 9 heteroatoms. The molecule has 9 nitrogen and oxygen atoms in total. The van der Waals surface area contributed by atoms with Gasteiger partial charge in [-0.3, -0.25) is 19.7 Å².